The first kappa shape index (κ1) is 25.0. The molecule has 1 fully saturated rings. The van der Waals surface area contributed by atoms with Gasteiger partial charge in [-0.2, -0.15) is 12.6 Å². The van der Waals surface area contributed by atoms with Gasteiger partial charge in [-0.05, 0) is 74.5 Å². The van der Waals surface area contributed by atoms with Crippen molar-refractivity contribution < 1.29 is 4.39 Å². The number of aromatic nitrogens is 1. The van der Waals surface area contributed by atoms with Crippen LogP contribution in [0.25, 0.3) is 22.2 Å². The molecule has 1 N–H and O–H groups in total. The van der Waals surface area contributed by atoms with Crippen LogP contribution in [-0.4, -0.2) is 36.4 Å². The summed E-state index contributed by atoms with van der Waals surface area (Å²) < 4.78 is 14.9. The molecular weight excluding hydrogens is 441 g/mol. The van der Waals surface area contributed by atoms with Crippen LogP contribution in [0.4, 0.5) is 10.1 Å². The highest BCUT2D eigenvalue weighted by atomic mass is 32.1. The zero-order chi connectivity index (χ0) is 24.3. The Labute approximate surface area is 209 Å². The molecule has 0 bridgehead atoms. The van der Waals surface area contributed by atoms with Crippen molar-refractivity contribution in [1.82, 2.24) is 10.3 Å². The lowest BCUT2D eigenvalue weighted by molar-refractivity contribution is 0.569. The van der Waals surface area contributed by atoms with Gasteiger partial charge in [0, 0.05) is 34.5 Å². The van der Waals surface area contributed by atoms with Crippen LogP contribution in [0.15, 0.2) is 42.5 Å². The molecule has 1 saturated heterocycles. The first-order valence-electron chi connectivity index (χ1n) is 12.6. The lowest BCUT2D eigenvalue weighted by Gasteiger charge is -2.23. The number of aryl methyl sites for hydroxylation is 1. The second-order valence-corrected chi connectivity index (χ2v) is 11.6. The van der Waals surface area contributed by atoms with Crippen molar-refractivity contribution in [1.29, 1.82) is 0 Å². The molecule has 3 aromatic rings. The number of hydrogen-bond donors (Lipinski definition) is 2. The van der Waals surface area contributed by atoms with E-state index in [0.717, 1.165) is 60.3 Å². The Morgan fingerprint density at radius 3 is 2.59 bits per heavy atom. The van der Waals surface area contributed by atoms with Crippen LogP contribution < -0.4 is 10.2 Å². The van der Waals surface area contributed by atoms with Gasteiger partial charge in [-0.25, -0.2) is 9.37 Å². The minimum absolute atomic E-state index is 0.164. The molecule has 0 radical (unpaired) electrons. The summed E-state index contributed by atoms with van der Waals surface area (Å²) in [5, 5.41) is 4.11. The fourth-order valence-electron chi connectivity index (χ4n) is 4.98. The number of nitrogens with one attached hydrogen (secondary N) is 1. The number of benzene rings is 2. The summed E-state index contributed by atoms with van der Waals surface area (Å²) in [6.07, 6.45) is 5.10. The first-order valence-corrected chi connectivity index (χ1v) is 13.1. The Morgan fingerprint density at radius 1 is 1.18 bits per heavy atom. The largest absolute Gasteiger partial charge is 0.371 e. The smallest absolute Gasteiger partial charge is 0.127 e. The predicted octanol–water partition coefficient (Wildman–Crippen LogP) is 6.68. The van der Waals surface area contributed by atoms with E-state index in [2.05, 4.69) is 60.1 Å². The summed E-state index contributed by atoms with van der Waals surface area (Å²) in [5.74, 6) is 0.528. The van der Waals surface area contributed by atoms with Crippen LogP contribution in [-0.2, 0) is 12.8 Å². The molecule has 1 aromatic heterocycles. The van der Waals surface area contributed by atoms with E-state index in [9.17, 15) is 0 Å². The third-order valence-corrected chi connectivity index (χ3v) is 7.08. The molecule has 34 heavy (non-hydrogen) atoms. The predicted molar refractivity (Wildman–Crippen MR) is 147 cm³/mol. The molecule has 1 atom stereocenters. The molecule has 1 aliphatic rings. The third kappa shape index (κ3) is 5.92. The van der Waals surface area contributed by atoms with Crippen molar-refractivity contribution in [3.8, 4) is 11.3 Å². The van der Waals surface area contributed by atoms with E-state index >= 15 is 4.39 Å². The molecule has 0 amide bonds. The second kappa shape index (κ2) is 10.7. The van der Waals surface area contributed by atoms with E-state index in [4.69, 9.17) is 4.98 Å². The van der Waals surface area contributed by atoms with Crippen molar-refractivity contribution >= 4 is 29.2 Å². The van der Waals surface area contributed by atoms with E-state index in [-0.39, 0.29) is 10.6 Å². The summed E-state index contributed by atoms with van der Waals surface area (Å²) in [6.45, 7) is 9.34. The van der Waals surface area contributed by atoms with Crippen LogP contribution in [0, 0.1) is 11.7 Å². The van der Waals surface area contributed by atoms with E-state index < -0.39 is 0 Å². The van der Waals surface area contributed by atoms with Crippen molar-refractivity contribution in [3.63, 3.8) is 0 Å². The standard InChI is InChI=1S/C29H38FN3S/c1-5-20-12-14-33(19-20)28-17-26(22-10-8-21(9-11-22)7-6-13-31-4)32-27-15-23(18-29(2,3)34)25(30)16-24(27)28/h8-11,15-17,20,31,34H,5-7,12-14,18-19H2,1-4H3. The second-order valence-electron chi connectivity index (χ2n) is 10.4. The number of hydrogen-bond acceptors (Lipinski definition) is 4. The van der Waals surface area contributed by atoms with Gasteiger partial charge in [0.1, 0.15) is 5.82 Å². The molecule has 182 valence electrons. The van der Waals surface area contributed by atoms with Crippen molar-refractivity contribution in [2.45, 2.75) is 57.6 Å². The normalized spacial score (nSPS) is 16.5. The van der Waals surface area contributed by atoms with Crippen molar-refractivity contribution in [2.75, 3.05) is 31.6 Å². The molecule has 1 unspecified atom stereocenters. The highest BCUT2D eigenvalue weighted by Gasteiger charge is 2.25. The third-order valence-electron chi connectivity index (χ3n) is 6.92. The van der Waals surface area contributed by atoms with Crippen LogP contribution in [0.1, 0.15) is 51.2 Å². The fourth-order valence-corrected chi connectivity index (χ4v) is 5.15. The molecule has 5 heteroatoms. The molecule has 2 aromatic carbocycles. The summed E-state index contributed by atoms with van der Waals surface area (Å²) in [6, 6.07) is 14.6. The van der Waals surface area contributed by atoms with Crippen LogP contribution in [0.3, 0.4) is 0 Å². The Kier molecular flexibility index (Phi) is 7.83. The number of thiol groups is 1. The zero-order valence-corrected chi connectivity index (χ0v) is 21.9. The average molecular weight is 480 g/mol. The Morgan fingerprint density at radius 2 is 1.94 bits per heavy atom. The minimum atomic E-state index is -0.290. The van der Waals surface area contributed by atoms with E-state index in [1.165, 1.54) is 18.4 Å². The monoisotopic (exact) mass is 479 g/mol. The van der Waals surface area contributed by atoms with E-state index in [1.807, 2.05) is 27.0 Å². The number of fused-ring (bicyclic) bond motifs is 1. The number of anilines is 1. The lowest BCUT2D eigenvalue weighted by Crippen LogP contribution is -2.20. The van der Waals surface area contributed by atoms with Crippen LogP contribution in [0.2, 0.25) is 0 Å². The fraction of sp³-hybridized carbons (Fsp3) is 0.483. The molecule has 2 heterocycles. The number of pyridine rings is 1. The highest BCUT2D eigenvalue weighted by Crippen LogP contribution is 2.36. The van der Waals surface area contributed by atoms with Gasteiger partial charge in [-0.15, -0.1) is 0 Å². The van der Waals surface area contributed by atoms with Gasteiger partial charge in [0.25, 0.3) is 0 Å². The molecule has 3 nitrogen and oxygen atoms in total. The summed E-state index contributed by atoms with van der Waals surface area (Å²) in [7, 11) is 1.99. The van der Waals surface area contributed by atoms with Crippen LogP contribution >= 0.6 is 12.6 Å². The van der Waals surface area contributed by atoms with Gasteiger partial charge in [-0.1, -0.05) is 51.5 Å². The highest BCUT2D eigenvalue weighted by molar-refractivity contribution is 7.81. The van der Waals surface area contributed by atoms with Crippen LogP contribution in [0.5, 0.6) is 0 Å². The lowest BCUT2D eigenvalue weighted by atomic mass is 9.98. The summed E-state index contributed by atoms with van der Waals surface area (Å²) >= 11 is 4.64. The molecule has 4 rings (SSSR count). The first-order chi connectivity index (χ1) is 16.3. The Bertz CT molecular complexity index is 1120. The number of rotatable bonds is 9. The molecule has 0 spiro atoms. The van der Waals surface area contributed by atoms with E-state index in [0.29, 0.717) is 17.9 Å². The topological polar surface area (TPSA) is 28.2 Å². The molecule has 0 aliphatic carbocycles. The van der Waals surface area contributed by atoms with Crippen molar-refractivity contribution in [2.24, 2.45) is 5.92 Å². The van der Waals surface area contributed by atoms with Gasteiger partial charge in [-0.3, -0.25) is 0 Å². The molecule has 0 saturated carbocycles. The Balaban J connectivity index is 1.76. The minimum Gasteiger partial charge on any atom is -0.371 e. The zero-order valence-electron chi connectivity index (χ0n) is 21.0. The van der Waals surface area contributed by atoms with Crippen molar-refractivity contribution in [3.05, 3.63) is 59.4 Å². The number of halogens is 1. The quantitative estimate of drug-likeness (QED) is 0.265. The van der Waals surface area contributed by atoms with Gasteiger partial charge >= 0.3 is 0 Å². The maximum atomic E-state index is 15.2. The SMILES string of the molecule is CCC1CCN(c2cc(-c3ccc(CCCNC)cc3)nc3cc(CC(C)(C)S)c(F)cc23)C1. The molecular formula is C29H38FN3S. The van der Waals surface area contributed by atoms with Gasteiger partial charge < -0.3 is 10.2 Å². The van der Waals surface area contributed by atoms with Gasteiger partial charge in [0.15, 0.2) is 0 Å². The maximum absolute atomic E-state index is 15.2. The van der Waals surface area contributed by atoms with Gasteiger partial charge in [0.05, 0.1) is 11.2 Å². The van der Waals surface area contributed by atoms with Gasteiger partial charge in [0.2, 0.25) is 0 Å². The Hall–Kier alpha value is -2.11. The van der Waals surface area contributed by atoms with E-state index in [1.54, 1.807) is 6.07 Å². The average Bonchev–Trinajstić information content (AvgIpc) is 3.28. The number of nitrogens with zero attached hydrogens (tertiary/aromatic N) is 2. The summed E-state index contributed by atoms with van der Waals surface area (Å²) in [5.41, 5.74) is 6.03. The maximum Gasteiger partial charge on any atom is 0.127 e. The summed E-state index contributed by atoms with van der Waals surface area (Å²) in [4.78, 5) is 7.45. The molecule has 1 aliphatic heterocycles.